The number of non-ortho nitro benzene ring substituents is 1. The van der Waals surface area contributed by atoms with Crippen LogP contribution in [-0.2, 0) is 0 Å². The van der Waals surface area contributed by atoms with Gasteiger partial charge in [-0.25, -0.2) is 0 Å². The van der Waals surface area contributed by atoms with Gasteiger partial charge in [-0.1, -0.05) is 24.3 Å². The van der Waals surface area contributed by atoms with E-state index in [0.717, 1.165) is 11.5 Å². The van der Waals surface area contributed by atoms with Crippen molar-refractivity contribution in [1.82, 2.24) is 4.98 Å². The van der Waals surface area contributed by atoms with Gasteiger partial charge in [0, 0.05) is 28.6 Å². The Hall–Kier alpha value is -3.41. The Bertz CT molecular complexity index is 1040. The summed E-state index contributed by atoms with van der Waals surface area (Å²) >= 11 is 0. The molecule has 0 aliphatic heterocycles. The molecule has 6 nitrogen and oxygen atoms in total. The van der Waals surface area contributed by atoms with Crippen molar-refractivity contribution in [3.8, 4) is 0 Å². The molecule has 0 bridgehead atoms. The second-order valence-electron chi connectivity index (χ2n) is 5.58. The quantitative estimate of drug-likeness (QED) is 0.411. The highest BCUT2D eigenvalue weighted by Gasteiger charge is 2.41. The van der Waals surface area contributed by atoms with E-state index in [-0.39, 0.29) is 22.6 Å². The fourth-order valence-corrected chi connectivity index (χ4v) is 3.01. The first kappa shape index (κ1) is 14.2. The van der Waals surface area contributed by atoms with Gasteiger partial charge in [0.05, 0.1) is 16.1 Å². The van der Waals surface area contributed by atoms with Gasteiger partial charge in [-0.05, 0) is 18.2 Å². The average molecular weight is 318 g/mol. The number of ketones is 2. The van der Waals surface area contributed by atoms with Crippen molar-refractivity contribution in [2.75, 3.05) is 0 Å². The molecule has 1 aromatic heterocycles. The lowest BCUT2D eigenvalue weighted by atomic mass is 9.98. The number of nitrogens with zero attached hydrogens (tertiary/aromatic N) is 2. The number of hydrogen-bond donors (Lipinski definition) is 0. The first-order valence-electron chi connectivity index (χ1n) is 7.29. The minimum absolute atomic E-state index is 0.0918. The lowest BCUT2D eigenvalue weighted by Gasteiger charge is -2.07. The lowest BCUT2D eigenvalue weighted by Crippen LogP contribution is -2.14. The first-order chi connectivity index (χ1) is 11.6. The smallest absolute Gasteiger partial charge is 0.270 e. The third-order valence-electron chi connectivity index (χ3n) is 4.18. The Kier molecular flexibility index (Phi) is 2.99. The molecule has 0 unspecified atom stereocenters. The molecule has 0 fully saturated rings. The highest BCUT2D eigenvalue weighted by molar-refractivity contribution is 6.29. The Morgan fingerprint density at radius 3 is 2.46 bits per heavy atom. The molecule has 0 radical (unpaired) electrons. The molecule has 1 aliphatic rings. The molecule has 0 saturated carbocycles. The SMILES string of the molecule is O=C1c2ccc([N+](=O)[O-])cc2C(=O)[C@@H]1c1ccc2ccccc2n1. The van der Waals surface area contributed by atoms with Crippen molar-refractivity contribution in [3.63, 3.8) is 0 Å². The summed E-state index contributed by atoms with van der Waals surface area (Å²) in [7, 11) is 0. The van der Waals surface area contributed by atoms with E-state index < -0.39 is 16.6 Å². The number of Topliss-reactive ketones (excluding diaryl/α,β-unsaturated/α-hetero) is 2. The molecule has 1 heterocycles. The monoisotopic (exact) mass is 318 g/mol. The standard InChI is InChI=1S/C18H10N2O4/c21-17-12-7-6-11(20(23)24)9-13(12)18(22)16(17)15-8-5-10-3-1-2-4-14(10)19-15/h1-9,16H/t16-/m1/s1. The van der Waals surface area contributed by atoms with Crippen LogP contribution in [0.15, 0.2) is 54.6 Å². The molecule has 6 heteroatoms. The van der Waals surface area contributed by atoms with Crippen LogP contribution in [0.5, 0.6) is 0 Å². The number of nitro groups is 1. The molecule has 2 aromatic carbocycles. The molecule has 0 saturated heterocycles. The zero-order chi connectivity index (χ0) is 16.8. The van der Waals surface area contributed by atoms with E-state index in [1.807, 2.05) is 24.3 Å². The largest absolute Gasteiger partial charge is 0.293 e. The van der Waals surface area contributed by atoms with Crippen molar-refractivity contribution in [3.05, 3.63) is 81.5 Å². The van der Waals surface area contributed by atoms with Crippen molar-refractivity contribution in [2.24, 2.45) is 0 Å². The molecule has 0 amide bonds. The number of carbonyl (C=O) groups is 2. The second-order valence-corrected chi connectivity index (χ2v) is 5.58. The average Bonchev–Trinajstić information content (AvgIpc) is 2.85. The first-order valence-corrected chi connectivity index (χ1v) is 7.29. The highest BCUT2D eigenvalue weighted by Crippen LogP contribution is 2.35. The molecular weight excluding hydrogens is 308 g/mol. The van der Waals surface area contributed by atoms with Crippen LogP contribution in [0.2, 0.25) is 0 Å². The zero-order valence-corrected chi connectivity index (χ0v) is 12.3. The summed E-state index contributed by atoms with van der Waals surface area (Å²) in [6.07, 6.45) is 0. The van der Waals surface area contributed by atoms with Gasteiger partial charge in [-0.3, -0.25) is 24.7 Å². The number of nitro benzene ring substituents is 1. The number of fused-ring (bicyclic) bond motifs is 2. The maximum Gasteiger partial charge on any atom is 0.270 e. The number of benzene rings is 2. The third-order valence-corrected chi connectivity index (χ3v) is 4.18. The van der Waals surface area contributed by atoms with Gasteiger partial charge in [0.2, 0.25) is 0 Å². The predicted octanol–water partition coefficient (Wildman–Crippen LogP) is 3.31. The third kappa shape index (κ3) is 2.00. The van der Waals surface area contributed by atoms with Crippen LogP contribution >= 0.6 is 0 Å². The Balaban J connectivity index is 1.82. The summed E-state index contributed by atoms with van der Waals surface area (Å²) in [5.41, 5.74) is 1.15. The zero-order valence-electron chi connectivity index (χ0n) is 12.3. The summed E-state index contributed by atoms with van der Waals surface area (Å²) in [6.45, 7) is 0. The number of hydrogen-bond acceptors (Lipinski definition) is 5. The highest BCUT2D eigenvalue weighted by atomic mass is 16.6. The number of rotatable bonds is 2. The number of carbonyl (C=O) groups excluding carboxylic acids is 2. The fourth-order valence-electron chi connectivity index (χ4n) is 3.01. The maximum absolute atomic E-state index is 12.6. The van der Waals surface area contributed by atoms with E-state index >= 15 is 0 Å². The molecule has 4 rings (SSSR count). The van der Waals surface area contributed by atoms with Crippen LogP contribution in [0.1, 0.15) is 32.3 Å². The summed E-state index contributed by atoms with van der Waals surface area (Å²) in [6, 6.07) is 14.6. The van der Waals surface area contributed by atoms with E-state index in [9.17, 15) is 19.7 Å². The topological polar surface area (TPSA) is 90.2 Å². The molecule has 3 aromatic rings. The maximum atomic E-state index is 12.6. The van der Waals surface area contributed by atoms with Gasteiger partial charge in [0.25, 0.3) is 5.69 Å². The van der Waals surface area contributed by atoms with Crippen LogP contribution in [0.3, 0.4) is 0 Å². The lowest BCUT2D eigenvalue weighted by molar-refractivity contribution is -0.384. The molecule has 24 heavy (non-hydrogen) atoms. The summed E-state index contributed by atoms with van der Waals surface area (Å²) in [5.74, 6) is -1.85. The summed E-state index contributed by atoms with van der Waals surface area (Å²) < 4.78 is 0. The van der Waals surface area contributed by atoms with Crippen molar-refractivity contribution in [1.29, 1.82) is 0 Å². The van der Waals surface area contributed by atoms with E-state index in [2.05, 4.69) is 4.98 Å². The van der Waals surface area contributed by atoms with Gasteiger partial charge in [-0.15, -0.1) is 0 Å². The van der Waals surface area contributed by atoms with Crippen molar-refractivity contribution >= 4 is 28.2 Å². The normalized spacial score (nSPS) is 16.4. The van der Waals surface area contributed by atoms with E-state index in [0.29, 0.717) is 11.2 Å². The summed E-state index contributed by atoms with van der Waals surface area (Å²) in [5, 5.41) is 11.8. The summed E-state index contributed by atoms with van der Waals surface area (Å²) in [4.78, 5) is 40.0. The molecule has 1 aliphatic carbocycles. The van der Waals surface area contributed by atoms with E-state index in [4.69, 9.17) is 0 Å². The fraction of sp³-hybridized carbons (Fsp3) is 0.0556. The predicted molar refractivity (Wildman–Crippen MR) is 86.2 cm³/mol. The van der Waals surface area contributed by atoms with Crippen LogP contribution in [0.25, 0.3) is 10.9 Å². The van der Waals surface area contributed by atoms with Crippen LogP contribution in [0.4, 0.5) is 5.69 Å². The second kappa shape index (κ2) is 5.06. The van der Waals surface area contributed by atoms with Crippen LogP contribution in [0, 0.1) is 10.1 Å². The molecule has 0 N–H and O–H groups in total. The minimum atomic E-state index is -1.04. The molecule has 116 valence electrons. The van der Waals surface area contributed by atoms with Gasteiger partial charge < -0.3 is 0 Å². The Morgan fingerprint density at radius 2 is 1.67 bits per heavy atom. The van der Waals surface area contributed by atoms with Gasteiger partial charge in [0.15, 0.2) is 11.6 Å². The van der Waals surface area contributed by atoms with Crippen LogP contribution in [-0.4, -0.2) is 21.5 Å². The van der Waals surface area contributed by atoms with Gasteiger partial charge >= 0.3 is 0 Å². The van der Waals surface area contributed by atoms with Crippen molar-refractivity contribution in [2.45, 2.75) is 5.92 Å². The molecule has 0 spiro atoms. The van der Waals surface area contributed by atoms with Crippen LogP contribution < -0.4 is 0 Å². The Labute approximate surface area is 135 Å². The van der Waals surface area contributed by atoms with E-state index in [1.165, 1.54) is 12.1 Å². The molecule has 1 atom stereocenters. The molecular formula is C18H10N2O4. The van der Waals surface area contributed by atoms with Gasteiger partial charge in [0.1, 0.15) is 5.92 Å². The number of pyridine rings is 1. The number of aromatic nitrogens is 1. The van der Waals surface area contributed by atoms with E-state index in [1.54, 1.807) is 12.1 Å². The van der Waals surface area contributed by atoms with Gasteiger partial charge in [-0.2, -0.15) is 0 Å². The number of para-hydroxylation sites is 1. The van der Waals surface area contributed by atoms with Crippen molar-refractivity contribution < 1.29 is 14.5 Å². The minimum Gasteiger partial charge on any atom is -0.293 e. The Morgan fingerprint density at radius 1 is 0.917 bits per heavy atom.